The first-order valence-corrected chi connectivity index (χ1v) is 12.7. The zero-order valence-corrected chi connectivity index (χ0v) is 19.1. The fourth-order valence-electron chi connectivity index (χ4n) is 4.81. The Hall–Kier alpha value is -1.66. The lowest BCUT2D eigenvalue weighted by Gasteiger charge is -2.44. The van der Waals surface area contributed by atoms with Crippen LogP contribution in [0.25, 0.3) is 10.1 Å². The van der Waals surface area contributed by atoms with Gasteiger partial charge in [-0.05, 0) is 50.4 Å². The summed E-state index contributed by atoms with van der Waals surface area (Å²) in [6.07, 6.45) is 13.5. The van der Waals surface area contributed by atoms with E-state index in [1.807, 2.05) is 12.3 Å². The number of piperidine rings is 3. The van der Waals surface area contributed by atoms with Crippen LogP contribution in [0.5, 0.6) is 0 Å². The second-order valence-electron chi connectivity index (χ2n) is 8.98. The van der Waals surface area contributed by atoms with E-state index in [0.29, 0.717) is 11.6 Å². The maximum Gasteiger partial charge on any atom is 0.270 e. The molecule has 2 aromatic heterocycles. The molecule has 3 fully saturated rings. The van der Waals surface area contributed by atoms with E-state index in [4.69, 9.17) is 0 Å². The highest BCUT2D eigenvalue weighted by molar-refractivity contribution is 7.22. The lowest BCUT2D eigenvalue weighted by Crippen LogP contribution is -2.57. The van der Waals surface area contributed by atoms with E-state index < -0.39 is 0 Å². The first kappa shape index (κ1) is 21.6. The Morgan fingerprint density at radius 2 is 1.90 bits per heavy atom. The van der Waals surface area contributed by atoms with Gasteiger partial charge in [-0.25, -0.2) is 0 Å². The summed E-state index contributed by atoms with van der Waals surface area (Å²) in [4.78, 5) is 19.7. The van der Waals surface area contributed by atoms with Crippen LogP contribution in [0.4, 0.5) is 5.00 Å². The number of fused-ring (bicyclic) bond motifs is 4. The molecule has 5 rings (SSSR count). The predicted molar refractivity (Wildman–Crippen MR) is 127 cm³/mol. The molecule has 0 aliphatic carbocycles. The van der Waals surface area contributed by atoms with Crippen LogP contribution in [-0.4, -0.2) is 48.0 Å². The number of anilines is 1. The van der Waals surface area contributed by atoms with Crippen molar-refractivity contribution in [1.82, 2.24) is 15.2 Å². The highest BCUT2D eigenvalue weighted by Crippen LogP contribution is 2.30. The Bertz CT molecular complexity index is 828. The van der Waals surface area contributed by atoms with Gasteiger partial charge in [0.05, 0.1) is 5.00 Å². The molecule has 2 bridgehead atoms. The summed E-state index contributed by atoms with van der Waals surface area (Å²) >= 11 is 1.72. The van der Waals surface area contributed by atoms with Gasteiger partial charge in [0.1, 0.15) is 5.69 Å². The minimum absolute atomic E-state index is 0.0263. The lowest BCUT2D eigenvalue weighted by atomic mass is 9.84. The smallest absolute Gasteiger partial charge is 0.270 e. The predicted octanol–water partition coefficient (Wildman–Crippen LogP) is 5.28. The zero-order chi connectivity index (χ0) is 20.8. The van der Waals surface area contributed by atoms with Crippen LogP contribution >= 0.6 is 11.3 Å². The molecule has 2 N–H and O–H groups in total. The largest absolute Gasteiger partial charge is 0.377 e. The number of hydrogen-bond acceptors (Lipinski definition) is 5. The number of hydrogen-bond donors (Lipinski definition) is 2. The van der Waals surface area contributed by atoms with Crippen LogP contribution < -0.4 is 10.6 Å². The highest BCUT2D eigenvalue weighted by atomic mass is 32.1. The van der Waals surface area contributed by atoms with Gasteiger partial charge in [-0.3, -0.25) is 9.78 Å². The molecule has 0 spiro atoms. The minimum atomic E-state index is -0.0263. The molecule has 3 aliphatic rings. The zero-order valence-electron chi connectivity index (χ0n) is 18.3. The second kappa shape index (κ2) is 10.6. The Labute approximate surface area is 184 Å². The van der Waals surface area contributed by atoms with E-state index in [-0.39, 0.29) is 11.9 Å². The molecule has 30 heavy (non-hydrogen) atoms. The summed E-state index contributed by atoms with van der Waals surface area (Å²) in [6.45, 7) is 6.64. The molecule has 3 aliphatic heterocycles. The molecular formula is C24H36N4OS. The number of rotatable bonds is 11. The second-order valence-corrected chi connectivity index (χ2v) is 10.1. The molecule has 5 heterocycles. The number of aromatic nitrogens is 1. The topological polar surface area (TPSA) is 57.3 Å². The number of pyridine rings is 1. The van der Waals surface area contributed by atoms with Crippen molar-refractivity contribution in [2.24, 2.45) is 5.92 Å². The number of unbranched alkanes of at least 4 members (excludes halogenated alkanes) is 6. The van der Waals surface area contributed by atoms with Gasteiger partial charge in [0.2, 0.25) is 0 Å². The van der Waals surface area contributed by atoms with Gasteiger partial charge in [0, 0.05) is 35.4 Å². The van der Waals surface area contributed by atoms with Gasteiger partial charge in [-0.1, -0.05) is 45.4 Å². The highest BCUT2D eigenvalue weighted by Gasteiger charge is 2.35. The fourth-order valence-corrected chi connectivity index (χ4v) is 5.81. The minimum Gasteiger partial charge on any atom is -0.377 e. The summed E-state index contributed by atoms with van der Waals surface area (Å²) in [5.74, 6) is 0.605. The molecule has 1 atom stereocenters. The van der Waals surface area contributed by atoms with Gasteiger partial charge in [-0.15, -0.1) is 11.3 Å². The Morgan fingerprint density at radius 3 is 2.63 bits per heavy atom. The number of nitrogens with zero attached hydrogens (tertiary/aromatic N) is 2. The van der Waals surface area contributed by atoms with Crippen molar-refractivity contribution in [3.05, 3.63) is 24.0 Å². The van der Waals surface area contributed by atoms with E-state index in [9.17, 15) is 4.79 Å². The number of nitrogens with one attached hydrogen (secondary N) is 2. The summed E-state index contributed by atoms with van der Waals surface area (Å²) in [6, 6.07) is 4.39. The number of thiophene rings is 1. The van der Waals surface area contributed by atoms with Crippen molar-refractivity contribution in [3.63, 3.8) is 0 Å². The van der Waals surface area contributed by atoms with E-state index in [1.54, 1.807) is 11.3 Å². The Morgan fingerprint density at radius 1 is 1.13 bits per heavy atom. The van der Waals surface area contributed by atoms with E-state index in [2.05, 4.69) is 33.5 Å². The normalized spacial score (nSPS) is 23.0. The quantitative estimate of drug-likeness (QED) is 0.478. The van der Waals surface area contributed by atoms with Gasteiger partial charge >= 0.3 is 0 Å². The standard InChI is InChI=1S/C24H36N4OS/c1-2-3-4-5-6-7-8-11-25-23-14-19-16-26-20(15-22(19)30-23)24(29)27-21-17-28-12-9-18(21)10-13-28/h14-16,18,21,25H,2-13,17H2,1H3,(H,27,29)/t21-/m0/s1. The monoisotopic (exact) mass is 428 g/mol. The SMILES string of the molecule is CCCCCCCCCNc1cc2cnc(C(=O)N[C@H]3CN4CCC3CC4)cc2s1. The van der Waals surface area contributed by atoms with Crippen LogP contribution in [0.3, 0.4) is 0 Å². The van der Waals surface area contributed by atoms with Crippen LogP contribution in [0, 0.1) is 5.92 Å². The van der Waals surface area contributed by atoms with Gasteiger partial charge in [0.25, 0.3) is 5.91 Å². The first-order valence-electron chi connectivity index (χ1n) is 11.9. The summed E-state index contributed by atoms with van der Waals surface area (Å²) in [5, 5.41) is 9.09. The fraction of sp³-hybridized carbons (Fsp3) is 0.667. The Balaban J connectivity index is 1.25. The molecule has 164 valence electrons. The molecule has 2 aromatic rings. The molecule has 0 aromatic carbocycles. The van der Waals surface area contributed by atoms with Crippen molar-refractivity contribution in [3.8, 4) is 0 Å². The average molecular weight is 429 g/mol. The van der Waals surface area contributed by atoms with Crippen LogP contribution in [0.2, 0.25) is 0 Å². The average Bonchev–Trinajstić information content (AvgIpc) is 3.18. The molecule has 6 heteroatoms. The molecule has 5 nitrogen and oxygen atoms in total. The number of amides is 1. The van der Waals surface area contributed by atoms with Gasteiger partial charge in [0.15, 0.2) is 0 Å². The van der Waals surface area contributed by atoms with Crippen LogP contribution in [-0.2, 0) is 0 Å². The van der Waals surface area contributed by atoms with Crippen molar-refractivity contribution >= 4 is 32.3 Å². The van der Waals surface area contributed by atoms with E-state index in [0.717, 1.165) is 23.2 Å². The molecule has 0 unspecified atom stereocenters. The van der Waals surface area contributed by atoms with E-state index >= 15 is 0 Å². The molecule has 0 radical (unpaired) electrons. The van der Waals surface area contributed by atoms with Crippen LogP contribution in [0.1, 0.15) is 75.2 Å². The summed E-state index contributed by atoms with van der Waals surface area (Å²) < 4.78 is 1.13. The van der Waals surface area contributed by atoms with Crippen LogP contribution in [0.15, 0.2) is 18.3 Å². The molecular weight excluding hydrogens is 392 g/mol. The number of carbonyl (C=O) groups is 1. The third kappa shape index (κ3) is 5.52. The maximum atomic E-state index is 12.8. The lowest BCUT2D eigenvalue weighted by molar-refractivity contribution is 0.0618. The van der Waals surface area contributed by atoms with Crippen molar-refractivity contribution in [2.75, 3.05) is 31.5 Å². The van der Waals surface area contributed by atoms with E-state index in [1.165, 1.54) is 75.9 Å². The summed E-state index contributed by atoms with van der Waals surface area (Å²) in [5.41, 5.74) is 0.541. The van der Waals surface area contributed by atoms with Crippen molar-refractivity contribution in [2.45, 2.75) is 70.8 Å². The Kier molecular flexibility index (Phi) is 7.61. The van der Waals surface area contributed by atoms with Gasteiger partial charge in [-0.2, -0.15) is 0 Å². The van der Waals surface area contributed by atoms with Crippen molar-refractivity contribution < 1.29 is 4.79 Å². The van der Waals surface area contributed by atoms with Gasteiger partial charge < -0.3 is 15.5 Å². The first-order chi connectivity index (χ1) is 14.7. The third-order valence-corrected chi connectivity index (χ3v) is 7.74. The number of carbonyl (C=O) groups excluding carboxylic acids is 1. The van der Waals surface area contributed by atoms with Crippen molar-refractivity contribution in [1.29, 1.82) is 0 Å². The molecule has 3 saturated heterocycles. The molecule has 0 saturated carbocycles. The third-order valence-electron chi connectivity index (χ3n) is 6.69. The summed E-state index contributed by atoms with van der Waals surface area (Å²) in [7, 11) is 0. The molecule has 1 amide bonds. The maximum absolute atomic E-state index is 12.8.